The molecule has 2 fully saturated rings. The maximum Gasteiger partial charge on any atom is 0.274 e. The van der Waals surface area contributed by atoms with Crippen molar-refractivity contribution in [2.45, 2.75) is 37.2 Å². The molecule has 2 unspecified atom stereocenters. The van der Waals surface area contributed by atoms with Crippen molar-refractivity contribution in [1.29, 1.82) is 0 Å². The number of aromatic nitrogens is 4. The van der Waals surface area contributed by atoms with Crippen LogP contribution in [0.1, 0.15) is 53.5 Å². The third kappa shape index (κ3) is 3.94. The van der Waals surface area contributed by atoms with E-state index in [1.165, 1.54) is 18.2 Å². The lowest BCUT2D eigenvalue weighted by Gasteiger charge is -2.23. The molecule has 2 aromatic heterocycles. The van der Waals surface area contributed by atoms with Crippen molar-refractivity contribution in [3.63, 3.8) is 0 Å². The molecule has 7 nitrogen and oxygen atoms in total. The van der Waals surface area contributed by atoms with Crippen LogP contribution in [-0.4, -0.2) is 30.3 Å². The quantitative estimate of drug-likeness (QED) is 0.556. The number of benzene rings is 1. The van der Waals surface area contributed by atoms with Gasteiger partial charge in [0, 0.05) is 31.9 Å². The number of amides is 1. The molecule has 2 N–H and O–H groups in total. The number of hydrogen-bond acceptors (Lipinski definition) is 4. The number of imidazole rings is 1. The lowest BCUT2D eigenvalue weighted by atomic mass is 9.90. The molecule has 10 heteroatoms. The Balaban J connectivity index is 1.33. The number of carbonyl (C=O) groups is 1. The van der Waals surface area contributed by atoms with Crippen LogP contribution in [0.3, 0.4) is 0 Å². The fourth-order valence-electron chi connectivity index (χ4n) is 5.64. The molecule has 2 atom stereocenters. The highest BCUT2D eigenvalue weighted by atomic mass is 35.5. The van der Waals surface area contributed by atoms with Gasteiger partial charge in [-0.3, -0.25) is 9.48 Å². The van der Waals surface area contributed by atoms with Gasteiger partial charge in [0.05, 0.1) is 22.1 Å². The number of halogens is 3. The topological polar surface area (TPSA) is 85.0 Å². The van der Waals surface area contributed by atoms with Crippen molar-refractivity contribution in [1.82, 2.24) is 19.3 Å². The van der Waals surface area contributed by atoms with Gasteiger partial charge in [-0.25, -0.2) is 9.37 Å². The Bertz CT molecular complexity index is 1230. The van der Waals surface area contributed by atoms with Gasteiger partial charge in [-0.15, -0.1) is 0 Å². The summed E-state index contributed by atoms with van der Waals surface area (Å²) in [5.74, 6) is -0.150. The molecule has 0 bridgehead atoms. The standard InChI is InChI=1S/C23H24Cl2FN5O2/c1-30-11-27-19(20(30)22(32)28-15-3-4-18(26)16(24)7-15)12-5-13-8-23(33,9-14(13)6-12)21-17(25)10-31(2)29-21/h3-4,7,10-14,33H,5-6,8-9H2,1-2H3,(H,28,32). The monoisotopic (exact) mass is 491 g/mol. The molecule has 2 aliphatic carbocycles. The minimum Gasteiger partial charge on any atom is -0.383 e. The second-order valence-corrected chi connectivity index (χ2v) is 10.1. The number of nitrogens with one attached hydrogen (secondary N) is 1. The predicted molar refractivity (Wildman–Crippen MR) is 123 cm³/mol. The van der Waals surface area contributed by atoms with Crippen LogP contribution in [0.2, 0.25) is 10.0 Å². The van der Waals surface area contributed by atoms with Crippen molar-refractivity contribution >= 4 is 34.8 Å². The van der Waals surface area contributed by atoms with E-state index in [1.807, 2.05) is 0 Å². The summed E-state index contributed by atoms with van der Waals surface area (Å²) in [7, 11) is 3.57. The second-order valence-electron chi connectivity index (χ2n) is 9.30. The number of aliphatic hydroxyl groups is 1. The van der Waals surface area contributed by atoms with E-state index in [9.17, 15) is 14.3 Å². The molecule has 2 saturated carbocycles. The Morgan fingerprint density at radius 2 is 1.91 bits per heavy atom. The minimum atomic E-state index is -1.02. The SMILES string of the molecule is Cn1cc(Cl)c(C2(O)CC3CC(c4ncn(C)c4C(=O)Nc4ccc(F)c(Cl)c4)CC3C2)n1. The molecule has 33 heavy (non-hydrogen) atoms. The minimum absolute atomic E-state index is 0.0536. The van der Waals surface area contributed by atoms with Gasteiger partial charge in [-0.05, 0) is 55.7 Å². The Kier molecular flexibility index (Phi) is 5.50. The first-order valence-corrected chi connectivity index (χ1v) is 11.6. The zero-order chi connectivity index (χ0) is 23.5. The maximum absolute atomic E-state index is 13.5. The van der Waals surface area contributed by atoms with E-state index >= 15 is 0 Å². The van der Waals surface area contributed by atoms with Gasteiger partial charge in [-0.2, -0.15) is 5.10 Å². The van der Waals surface area contributed by atoms with Gasteiger partial charge in [0.15, 0.2) is 0 Å². The number of nitrogens with zero attached hydrogens (tertiary/aromatic N) is 4. The molecule has 5 rings (SSSR count). The molecule has 0 saturated heterocycles. The van der Waals surface area contributed by atoms with Crippen LogP contribution < -0.4 is 5.32 Å². The van der Waals surface area contributed by atoms with Gasteiger partial charge in [0.25, 0.3) is 5.91 Å². The predicted octanol–water partition coefficient (Wildman–Crippen LogP) is 4.64. The number of fused-ring (bicyclic) bond motifs is 1. The number of anilines is 1. The van der Waals surface area contributed by atoms with Crippen LogP contribution in [0.4, 0.5) is 10.1 Å². The fraction of sp³-hybridized carbons (Fsp3) is 0.435. The summed E-state index contributed by atoms with van der Waals surface area (Å²) >= 11 is 12.2. The average Bonchev–Trinajstić information content (AvgIpc) is 3.46. The van der Waals surface area contributed by atoms with Crippen molar-refractivity contribution < 1.29 is 14.3 Å². The van der Waals surface area contributed by atoms with Crippen molar-refractivity contribution in [3.05, 3.63) is 63.7 Å². The summed E-state index contributed by atoms with van der Waals surface area (Å²) in [4.78, 5) is 17.6. The number of aryl methyl sites for hydroxylation is 2. The van der Waals surface area contributed by atoms with Gasteiger partial charge >= 0.3 is 0 Å². The molecule has 1 aromatic carbocycles. The molecule has 2 heterocycles. The molecule has 3 aromatic rings. The van der Waals surface area contributed by atoms with Crippen LogP contribution >= 0.6 is 23.2 Å². The first-order chi connectivity index (χ1) is 15.6. The van der Waals surface area contributed by atoms with Crippen LogP contribution in [0.15, 0.2) is 30.7 Å². The second kappa shape index (κ2) is 8.11. The lowest BCUT2D eigenvalue weighted by molar-refractivity contribution is 0.0296. The normalized spacial score (nSPS) is 26.5. The molecule has 174 valence electrons. The molecule has 0 aliphatic heterocycles. The Morgan fingerprint density at radius 1 is 1.21 bits per heavy atom. The Hall–Kier alpha value is -2.42. The third-order valence-corrected chi connectivity index (χ3v) is 7.58. The van der Waals surface area contributed by atoms with E-state index in [4.69, 9.17) is 23.2 Å². The molecular weight excluding hydrogens is 468 g/mol. The van der Waals surface area contributed by atoms with Crippen LogP contribution in [-0.2, 0) is 19.7 Å². The average molecular weight is 492 g/mol. The summed E-state index contributed by atoms with van der Waals surface area (Å²) in [5.41, 5.74) is 1.17. The first-order valence-electron chi connectivity index (χ1n) is 10.8. The Labute approximate surface area is 200 Å². The van der Waals surface area contributed by atoms with Gasteiger partial charge in [-0.1, -0.05) is 23.2 Å². The molecule has 2 aliphatic rings. The summed E-state index contributed by atoms with van der Waals surface area (Å²) in [6.07, 6.45) is 6.19. The van der Waals surface area contributed by atoms with Gasteiger partial charge in [0.2, 0.25) is 0 Å². The molecular formula is C23H24Cl2FN5O2. The highest BCUT2D eigenvalue weighted by Crippen LogP contribution is 2.57. The number of rotatable bonds is 4. The van der Waals surface area contributed by atoms with Crippen molar-refractivity contribution in [3.8, 4) is 0 Å². The maximum atomic E-state index is 13.5. The van der Waals surface area contributed by atoms with E-state index in [-0.39, 0.29) is 16.8 Å². The van der Waals surface area contributed by atoms with E-state index in [0.29, 0.717) is 46.8 Å². The highest BCUT2D eigenvalue weighted by molar-refractivity contribution is 6.31. The number of hydrogen-bond donors (Lipinski definition) is 2. The Morgan fingerprint density at radius 3 is 2.52 bits per heavy atom. The van der Waals surface area contributed by atoms with E-state index in [0.717, 1.165) is 18.5 Å². The van der Waals surface area contributed by atoms with Crippen molar-refractivity contribution in [2.24, 2.45) is 25.9 Å². The zero-order valence-electron chi connectivity index (χ0n) is 18.2. The third-order valence-electron chi connectivity index (χ3n) is 7.01. The summed E-state index contributed by atoms with van der Waals surface area (Å²) in [6.45, 7) is 0. The summed E-state index contributed by atoms with van der Waals surface area (Å²) < 4.78 is 16.8. The van der Waals surface area contributed by atoms with E-state index in [1.54, 1.807) is 35.9 Å². The number of carbonyl (C=O) groups excluding carboxylic acids is 1. The fourth-order valence-corrected chi connectivity index (χ4v) is 6.18. The van der Waals surface area contributed by atoms with Crippen molar-refractivity contribution in [2.75, 3.05) is 5.32 Å². The summed E-state index contributed by atoms with van der Waals surface area (Å²) in [6, 6.07) is 4.07. The largest absolute Gasteiger partial charge is 0.383 e. The van der Waals surface area contributed by atoms with E-state index in [2.05, 4.69) is 15.4 Å². The lowest BCUT2D eigenvalue weighted by Crippen LogP contribution is -2.24. The van der Waals surface area contributed by atoms with Gasteiger partial charge in [0.1, 0.15) is 22.8 Å². The highest BCUT2D eigenvalue weighted by Gasteiger charge is 2.52. The van der Waals surface area contributed by atoms with E-state index < -0.39 is 11.4 Å². The van der Waals surface area contributed by atoms with Crippen LogP contribution in [0.25, 0.3) is 0 Å². The van der Waals surface area contributed by atoms with Gasteiger partial charge < -0.3 is 15.0 Å². The molecule has 0 spiro atoms. The summed E-state index contributed by atoms with van der Waals surface area (Å²) in [5, 5.41) is 18.9. The first kappa shape index (κ1) is 22.4. The molecule has 1 amide bonds. The van der Waals surface area contributed by atoms with Crippen LogP contribution in [0, 0.1) is 17.7 Å². The van der Waals surface area contributed by atoms with Crippen LogP contribution in [0.5, 0.6) is 0 Å². The molecule has 0 radical (unpaired) electrons. The smallest absolute Gasteiger partial charge is 0.274 e. The zero-order valence-corrected chi connectivity index (χ0v) is 19.7.